The van der Waals surface area contributed by atoms with E-state index < -0.39 is 0 Å². The molecule has 1 saturated heterocycles. The van der Waals surface area contributed by atoms with E-state index in [2.05, 4.69) is 5.10 Å². The van der Waals surface area contributed by atoms with E-state index in [0.29, 0.717) is 35.0 Å². The van der Waals surface area contributed by atoms with Gasteiger partial charge < -0.3 is 4.90 Å². The first kappa shape index (κ1) is 16.3. The van der Waals surface area contributed by atoms with Crippen LogP contribution in [0.25, 0.3) is 10.8 Å². The molecule has 4 rings (SSSR count). The number of nitrogens with zero attached hydrogens (tertiary/aromatic N) is 3. The number of fused-ring (bicyclic) bond motifs is 1. The first-order valence-electron chi connectivity index (χ1n) is 9.51. The summed E-state index contributed by atoms with van der Waals surface area (Å²) < 4.78 is 1.41. The van der Waals surface area contributed by atoms with Gasteiger partial charge in [-0.1, -0.05) is 31.0 Å². The lowest BCUT2D eigenvalue weighted by molar-refractivity contribution is 0.0682. The number of likely N-dealkylation sites (tertiary alicyclic amines) is 1. The van der Waals surface area contributed by atoms with E-state index in [1.54, 1.807) is 6.07 Å². The monoisotopic (exact) mass is 339 g/mol. The molecule has 0 N–H and O–H groups in total. The molecule has 1 atom stereocenters. The molecule has 1 aromatic carbocycles. The number of hydrogen-bond acceptors (Lipinski definition) is 3. The van der Waals surface area contributed by atoms with Crippen molar-refractivity contribution in [1.29, 1.82) is 0 Å². The fourth-order valence-corrected chi connectivity index (χ4v) is 4.62. The first-order chi connectivity index (χ1) is 12.2. The summed E-state index contributed by atoms with van der Waals surface area (Å²) in [5.74, 6) is 0.627. The number of aryl methyl sites for hydroxylation is 1. The maximum Gasteiger partial charge on any atom is 0.275 e. The second kappa shape index (κ2) is 6.62. The van der Waals surface area contributed by atoms with Gasteiger partial charge in [0.05, 0.1) is 5.39 Å². The number of aromatic nitrogens is 2. The molecule has 0 spiro atoms. The Labute approximate surface area is 147 Å². The van der Waals surface area contributed by atoms with Crippen LogP contribution in [0.4, 0.5) is 0 Å². The highest BCUT2D eigenvalue weighted by atomic mass is 16.2. The van der Waals surface area contributed by atoms with E-state index in [-0.39, 0.29) is 11.5 Å². The zero-order chi connectivity index (χ0) is 17.4. The number of benzene rings is 1. The van der Waals surface area contributed by atoms with Crippen molar-refractivity contribution in [2.45, 2.75) is 58.0 Å². The normalized spacial score (nSPS) is 21.3. The number of carbonyl (C=O) groups excluding carboxylic acids is 1. The first-order valence-corrected chi connectivity index (χ1v) is 9.51. The molecule has 2 fully saturated rings. The highest BCUT2D eigenvalue weighted by molar-refractivity contribution is 6.05. The van der Waals surface area contributed by atoms with Gasteiger partial charge in [0, 0.05) is 24.5 Å². The van der Waals surface area contributed by atoms with E-state index in [0.717, 1.165) is 19.4 Å². The van der Waals surface area contributed by atoms with Gasteiger partial charge in [0.1, 0.15) is 0 Å². The molecule has 1 aromatic heterocycles. The van der Waals surface area contributed by atoms with Crippen LogP contribution < -0.4 is 5.56 Å². The van der Waals surface area contributed by atoms with Gasteiger partial charge >= 0.3 is 0 Å². The Bertz CT molecular complexity index is 852. The smallest absolute Gasteiger partial charge is 0.275 e. The van der Waals surface area contributed by atoms with Gasteiger partial charge in [0.25, 0.3) is 11.5 Å². The largest absolute Gasteiger partial charge is 0.334 e. The predicted octanol–water partition coefficient (Wildman–Crippen LogP) is 3.21. The Kier molecular flexibility index (Phi) is 4.32. The molecule has 2 heterocycles. The minimum Gasteiger partial charge on any atom is -0.334 e. The van der Waals surface area contributed by atoms with Crippen LogP contribution in [0.2, 0.25) is 0 Å². The highest BCUT2D eigenvalue weighted by Crippen LogP contribution is 2.36. The van der Waals surface area contributed by atoms with Crippen LogP contribution in [0.3, 0.4) is 0 Å². The number of rotatable bonds is 3. The number of amides is 1. The molecule has 0 bridgehead atoms. The summed E-state index contributed by atoms with van der Waals surface area (Å²) in [6, 6.07) is 7.69. The van der Waals surface area contributed by atoms with Crippen LogP contribution in [-0.2, 0) is 6.54 Å². The summed E-state index contributed by atoms with van der Waals surface area (Å²) in [6.45, 7) is 3.16. The Morgan fingerprint density at radius 2 is 1.84 bits per heavy atom. The fraction of sp³-hybridized carbons (Fsp3) is 0.550. The molecule has 5 nitrogen and oxygen atoms in total. The third-order valence-electron chi connectivity index (χ3n) is 5.87. The number of hydrogen-bond donors (Lipinski definition) is 0. The third kappa shape index (κ3) is 2.75. The summed E-state index contributed by atoms with van der Waals surface area (Å²) in [6.07, 6.45) is 7.20. The molecule has 1 aliphatic heterocycles. The molecule has 0 unspecified atom stereocenters. The molecule has 1 saturated carbocycles. The lowest BCUT2D eigenvalue weighted by Crippen LogP contribution is -2.40. The summed E-state index contributed by atoms with van der Waals surface area (Å²) in [4.78, 5) is 27.9. The molecule has 25 heavy (non-hydrogen) atoms. The van der Waals surface area contributed by atoms with Crippen LogP contribution >= 0.6 is 0 Å². The quantitative estimate of drug-likeness (QED) is 0.863. The van der Waals surface area contributed by atoms with Crippen molar-refractivity contribution in [3.05, 3.63) is 40.3 Å². The van der Waals surface area contributed by atoms with Gasteiger partial charge in [-0.15, -0.1) is 0 Å². The Morgan fingerprint density at radius 1 is 1.12 bits per heavy atom. The molecule has 1 aliphatic carbocycles. The Hall–Kier alpha value is -2.17. The van der Waals surface area contributed by atoms with E-state index in [1.165, 1.54) is 30.4 Å². The van der Waals surface area contributed by atoms with Crippen molar-refractivity contribution in [2.24, 2.45) is 5.92 Å². The molecule has 2 aromatic rings. The van der Waals surface area contributed by atoms with Gasteiger partial charge in [0.15, 0.2) is 5.69 Å². The van der Waals surface area contributed by atoms with Crippen LogP contribution in [-0.4, -0.2) is 33.2 Å². The van der Waals surface area contributed by atoms with Crippen LogP contribution in [0.5, 0.6) is 0 Å². The second-order valence-electron chi connectivity index (χ2n) is 7.27. The van der Waals surface area contributed by atoms with Crippen molar-refractivity contribution < 1.29 is 4.79 Å². The molecular weight excluding hydrogens is 314 g/mol. The average Bonchev–Trinajstić information content (AvgIpc) is 3.33. The van der Waals surface area contributed by atoms with Gasteiger partial charge in [-0.2, -0.15) is 5.10 Å². The fourth-order valence-electron chi connectivity index (χ4n) is 4.62. The zero-order valence-corrected chi connectivity index (χ0v) is 14.8. The topological polar surface area (TPSA) is 55.2 Å². The lowest BCUT2D eigenvalue weighted by atomic mass is 9.95. The maximum atomic E-state index is 13.4. The lowest BCUT2D eigenvalue weighted by Gasteiger charge is -2.29. The van der Waals surface area contributed by atoms with Gasteiger partial charge in [-0.05, 0) is 44.6 Å². The van der Waals surface area contributed by atoms with Crippen molar-refractivity contribution in [1.82, 2.24) is 14.7 Å². The molecule has 1 amide bonds. The Morgan fingerprint density at radius 3 is 2.56 bits per heavy atom. The minimum atomic E-state index is -0.122. The summed E-state index contributed by atoms with van der Waals surface area (Å²) in [7, 11) is 0. The zero-order valence-electron chi connectivity index (χ0n) is 14.8. The standard InChI is InChI=1S/C20H25N3O2/c1-2-23-19(24)16-11-6-5-10-15(16)18(21-23)20(25)22-13-7-12-17(22)14-8-3-4-9-14/h5-6,10-11,14,17H,2-4,7-9,12-13H2,1H3/t17-/m1/s1. The van der Waals surface area contributed by atoms with E-state index >= 15 is 0 Å². The SMILES string of the molecule is CCn1nc(C(=O)N2CCC[C@@H]2C2CCCC2)c2ccccc2c1=O. The minimum absolute atomic E-state index is 0.00667. The van der Waals surface area contributed by atoms with Crippen LogP contribution in [0.1, 0.15) is 55.9 Å². The van der Waals surface area contributed by atoms with Gasteiger partial charge in [0.2, 0.25) is 0 Å². The highest BCUT2D eigenvalue weighted by Gasteiger charge is 2.37. The van der Waals surface area contributed by atoms with E-state index in [1.807, 2.05) is 30.0 Å². The maximum absolute atomic E-state index is 13.4. The van der Waals surface area contributed by atoms with Gasteiger partial charge in [-0.3, -0.25) is 9.59 Å². The van der Waals surface area contributed by atoms with E-state index in [4.69, 9.17) is 0 Å². The Balaban J connectivity index is 1.77. The molecule has 5 heteroatoms. The number of carbonyl (C=O) groups is 1. The molecule has 132 valence electrons. The summed E-state index contributed by atoms with van der Waals surface area (Å²) >= 11 is 0. The van der Waals surface area contributed by atoms with Crippen molar-refractivity contribution in [3.8, 4) is 0 Å². The predicted molar refractivity (Wildman–Crippen MR) is 97.7 cm³/mol. The average molecular weight is 339 g/mol. The molecule has 0 radical (unpaired) electrons. The summed E-state index contributed by atoms with van der Waals surface area (Å²) in [5, 5.41) is 5.70. The van der Waals surface area contributed by atoms with Crippen molar-refractivity contribution >= 4 is 16.7 Å². The third-order valence-corrected chi connectivity index (χ3v) is 5.87. The van der Waals surface area contributed by atoms with Crippen molar-refractivity contribution in [2.75, 3.05) is 6.54 Å². The van der Waals surface area contributed by atoms with Crippen LogP contribution in [0, 0.1) is 5.92 Å². The molecule has 2 aliphatic rings. The van der Waals surface area contributed by atoms with Crippen molar-refractivity contribution in [3.63, 3.8) is 0 Å². The second-order valence-corrected chi connectivity index (χ2v) is 7.27. The van der Waals surface area contributed by atoms with Crippen LogP contribution in [0.15, 0.2) is 29.1 Å². The molecular formula is C20H25N3O2. The van der Waals surface area contributed by atoms with E-state index in [9.17, 15) is 9.59 Å². The summed E-state index contributed by atoms with van der Waals surface area (Å²) in [5.41, 5.74) is 0.311. The van der Waals surface area contributed by atoms with Gasteiger partial charge in [-0.25, -0.2) is 4.68 Å².